The number of unbranched alkanes of at least 4 members (excludes halogenated alkanes) is 36. The molecule has 81 heavy (non-hydrogen) atoms. The third kappa shape index (κ3) is 52.4. The van der Waals surface area contributed by atoms with Crippen molar-refractivity contribution in [2.75, 3.05) is 98.2 Å². The molecule has 0 bridgehead atoms. The highest BCUT2D eigenvalue weighted by atomic mass is 16.3. The molecule has 0 radical (unpaired) electrons. The fourth-order valence-corrected chi connectivity index (χ4v) is 12.6. The molecule has 10 nitrogen and oxygen atoms in total. The van der Waals surface area contributed by atoms with Crippen LogP contribution in [-0.4, -0.2) is 179 Å². The Morgan fingerprint density at radius 2 is 0.407 bits per heavy atom. The maximum Gasteiger partial charge on any atom is 0.0667 e. The van der Waals surface area contributed by atoms with E-state index in [2.05, 4.69) is 59.1 Å². The normalized spacial score (nSPS) is 15.7. The van der Waals surface area contributed by atoms with Gasteiger partial charge in [-0.3, -0.25) is 24.5 Å². The summed E-state index contributed by atoms with van der Waals surface area (Å²) in [6, 6.07) is 0. The van der Waals surface area contributed by atoms with Crippen molar-refractivity contribution in [2.45, 2.75) is 360 Å². The minimum Gasteiger partial charge on any atom is -0.392 e. The van der Waals surface area contributed by atoms with E-state index in [0.717, 1.165) is 130 Å². The van der Waals surface area contributed by atoms with Gasteiger partial charge in [0, 0.05) is 98.2 Å². The average Bonchev–Trinajstić information content (AvgIpc) is 3.45. The van der Waals surface area contributed by atoms with Crippen LogP contribution >= 0.6 is 0 Å². The molecule has 0 spiro atoms. The van der Waals surface area contributed by atoms with Gasteiger partial charge in [-0.25, -0.2) is 0 Å². The van der Waals surface area contributed by atoms with Crippen molar-refractivity contribution < 1.29 is 25.5 Å². The van der Waals surface area contributed by atoms with Gasteiger partial charge in [-0.2, -0.15) is 0 Å². The van der Waals surface area contributed by atoms with Crippen molar-refractivity contribution in [1.29, 1.82) is 0 Å². The van der Waals surface area contributed by atoms with Gasteiger partial charge in [-0.1, -0.05) is 298 Å². The number of hydrogen-bond donors (Lipinski definition) is 5. The van der Waals surface area contributed by atoms with Crippen LogP contribution in [0.1, 0.15) is 330 Å². The van der Waals surface area contributed by atoms with Crippen molar-refractivity contribution in [3.63, 3.8) is 0 Å². The van der Waals surface area contributed by atoms with Gasteiger partial charge < -0.3 is 25.5 Å². The topological polar surface area (TPSA) is 117 Å². The van der Waals surface area contributed by atoms with Crippen molar-refractivity contribution in [2.24, 2.45) is 0 Å². The summed E-state index contributed by atoms with van der Waals surface area (Å²) in [6.45, 7) is 24.0. The van der Waals surface area contributed by atoms with E-state index < -0.39 is 0 Å². The van der Waals surface area contributed by atoms with E-state index in [-0.39, 0.29) is 30.5 Å². The van der Waals surface area contributed by atoms with Gasteiger partial charge in [0.25, 0.3) is 0 Å². The van der Waals surface area contributed by atoms with Crippen LogP contribution < -0.4 is 0 Å². The van der Waals surface area contributed by atoms with Gasteiger partial charge in [0.1, 0.15) is 0 Å². The lowest BCUT2D eigenvalue weighted by Gasteiger charge is -2.37. The Morgan fingerprint density at radius 1 is 0.235 bits per heavy atom. The van der Waals surface area contributed by atoms with Gasteiger partial charge >= 0.3 is 0 Å². The molecule has 0 saturated carbocycles. The summed E-state index contributed by atoms with van der Waals surface area (Å²) in [5, 5.41) is 57.0. The average molecular weight is 1150 g/mol. The molecule has 1 heterocycles. The smallest absolute Gasteiger partial charge is 0.0667 e. The van der Waals surface area contributed by atoms with Crippen LogP contribution in [0.4, 0.5) is 0 Å². The van der Waals surface area contributed by atoms with E-state index in [4.69, 9.17) is 0 Å². The first-order valence-electron chi connectivity index (χ1n) is 36.7. The van der Waals surface area contributed by atoms with Crippen molar-refractivity contribution in [1.82, 2.24) is 24.5 Å². The monoisotopic (exact) mass is 1150 g/mol. The molecule has 1 rings (SSSR count). The minimum atomic E-state index is -0.385. The number of rotatable bonds is 65. The maximum absolute atomic E-state index is 11.6. The SMILES string of the molecule is CCCCCCCCCCCC(O)CN(CCN(CCN1CCN(CCN(CC(O)CCCCCCCCCC)CC(O)CCCCCCCCCC)CC1)CC(O)CCCCCCCCCC)CC(O)CCCCCCCCCC. The zero-order chi connectivity index (χ0) is 58.9. The Balaban J connectivity index is 2.94. The third-order valence-electron chi connectivity index (χ3n) is 18.2. The van der Waals surface area contributed by atoms with E-state index in [1.165, 1.54) is 231 Å². The number of hydrogen-bond acceptors (Lipinski definition) is 10. The molecular formula is C71H147N5O5. The van der Waals surface area contributed by atoms with E-state index in [0.29, 0.717) is 32.7 Å². The Morgan fingerprint density at radius 3 is 0.642 bits per heavy atom. The summed E-state index contributed by atoms with van der Waals surface area (Å²) < 4.78 is 0. The van der Waals surface area contributed by atoms with Crippen molar-refractivity contribution in [3.8, 4) is 0 Å². The Bertz CT molecular complexity index is 1200. The van der Waals surface area contributed by atoms with Crippen LogP contribution in [0, 0.1) is 0 Å². The molecule has 0 aromatic carbocycles. The van der Waals surface area contributed by atoms with Crippen LogP contribution in [-0.2, 0) is 0 Å². The fourth-order valence-electron chi connectivity index (χ4n) is 12.6. The second kappa shape index (κ2) is 59.9. The van der Waals surface area contributed by atoms with Gasteiger partial charge in [-0.05, 0) is 32.1 Å². The number of piperazine rings is 1. The van der Waals surface area contributed by atoms with E-state index in [1.807, 2.05) is 0 Å². The van der Waals surface area contributed by atoms with E-state index in [9.17, 15) is 25.5 Å². The Kier molecular flexibility index (Phi) is 58.1. The predicted octanol–water partition coefficient (Wildman–Crippen LogP) is 16.4. The molecular weight excluding hydrogens is 1000 g/mol. The molecule has 1 aliphatic heterocycles. The summed E-state index contributed by atoms with van der Waals surface area (Å²) in [5.41, 5.74) is 0. The molecule has 5 unspecified atom stereocenters. The summed E-state index contributed by atoms with van der Waals surface area (Å²) in [7, 11) is 0. The molecule has 0 aromatic rings. The highest BCUT2D eigenvalue weighted by molar-refractivity contribution is 4.79. The maximum atomic E-state index is 11.6. The molecule has 0 aliphatic carbocycles. The number of aliphatic hydroxyl groups is 5. The van der Waals surface area contributed by atoms with E-state index in [1.54, 1.807) is 0 Å². The highest BCUT2D eigenvalue weighted by Crippen LogP contribution is 2.18. The lowest BCUT2D eigenvalue weighted by molar-refractivity contribution is 0.0419. The first kappa shape index (κ1) is 78.6. The lowest BCUT2D eigenvalue weighted by Crippen LogP contribution is -2.51. The first-order valence-corrected chi connectivity index (χ1v) is 36.7. The van der Waals surface area contributed by atoms with Gasteiger partial charge in [0.05, 0.1) is 30.5 Å². The zero-order valence-corrected chi connectivity index (χ0v) is 55.5. The second-order valence-electron chi connectivity index (χ2n) is 26.4. The van der Waals surface area contributed by atoms with Crippen molar-refractivity contribution >= 4 is 0 Å². The third-order valence-corrected chi connectivity index (χ3v) is 18.2. The zero-order valence-electron chi connectivity index (χ0n) is 55.5. The molecule has 10 heteroatoms. The molecule has 5 atom stereocenters. The molecule has 0 amide bonds. The van der Waals surface area contributed by atoms with Crippen LogP contribution in [0.15, 0.2) is 0 Å². The molecule has 486 valence electrons. The minimum absolute atomic E-state index is 0.342. The fraction of sp³-hybridized carbons (Fsp3) is 1.00. The quantitative estimate of drug-likeness (QED) is 0.0377. The summed E-state index contributed by atoms with van der Waals surface area (Å²) in [5.74, 6) is 0. The summed E-state index contributed by atoms with van der Waals surface area (Å²) in [6.07, 6.45) is 54.7. The highest BCUT2D eigenvalue weighted by Gasteiger charge is 2.23. The molecule has 1 aliphatic rings. The van der Waals surface area contributed by atoms with Gasteiger partial charge in [-0.15, -0.1) is 0 Å². The lowest BCUT2D eigenvalue weighted by atomic mass is 10.0. The summed E-state index contributed by atoms with van der Waals surface area (Å²) >= 11 is 0. The second-order valence-corrected chi connectivity index (χ2v) is 26.4. The molecule has 5 N–H and O–H groups in total. The predicted molar refractivity (Wildman–Crippen MR) is 353 cm³/mol. The Hall–Kier alpha value is -0.400. The number of nitrogens with zero attached hydrogens (tertiary/aromatic N) is 5. The number of aliphatic hydroxyl groups excluding tert-OH is 5. The molecule has 1 saturated heterocycles. The molecule has 0 aromatic heterocycles. The van der Waals surface area contributed by atoms with Gasteiger partial charge in [0.2, 0.25) is 0 Å². The van der Waals surface area contributed by atoms with Crippen LogP contribution in [0.25, 0.3) is 0 Å². The largest absolute Gasteiger partial charge is 0.392 e. The van der Waals surface area contributed by atoms with Crippen molar-refractivity contribution in [3.05, 3.63) is 0 Å². The van der Waals surface area contributed by atoms with Crippen LogP contribution in [0.5, 0.6) is 0 Å². The van der Waals surface area contributed by atoms with Crippen LogP contribution in [0.3, 0.4) is 0 Å². The van der Waals surface area contributed by atoms with E-state index >= 15 is 0 Å². The Labute approximate surface area is 506 Å². The summed E-state index contributed by atoms with van der Waals surface area (Å²) in [4.78, 5) is 12.5. The standard InChI is InChI=1S/C71H147N5O5/c1-6-11-16-21-26-31-36-41-46-51-71(81)66-76(65-70(80)50-45-40-35-30-25-20-15-10-5)61-59-74(62-67(77)47-42-37-32-27-22-17-12-7-2)58-56-72-52-54-73(55-53-72)57-60-75(63-68(78)48-43-38-33-28-23-18-13-8-3)64-69(79)49-44-39-34-29-24-19-14-9-4/h67-71,77-81H,6-66H2,1-5H3. The first-order chi connectivity index (χ1) is 39.6. The van der Waals surface area contributed by atoms with Gasteiger partial charge in [0.15, 0.2) is 0 Å². The molecule has 1 fully saturated rings. The van der Waals surface area contributed by atoms with Crippen LogP contribution in [0.2, 0.25) is 0 Å².